The van der Waals surface area contributed by atoms with E-state index in [1.807, 2.05) is 25.2 Å². The fraction of sp³-hybridized carbons (Fsp3) is 0.562. The molecule has 0 spiro atoms. The summed E-state index contributed by atoms with van der Waals surface area (Å²) < 4.78 is 6.71. The highest BCUT2D eigenvalue weighted by molar-refractivity contribution is 9.10. The molecule has 5 heteroatoms. The molecule has 0 aliphatic rings. The summed E-state index contributed by atoms with van der Waals surface area (Å²) in [5.41, 5.74) is 1.02. The largest absolute Gasteiger partial charge is 0.479 e. The van der Waals surface area contributed by atoms with E-state index in [-0.39, 0.29) is 5.91 Å². The van der Waals surface area contributed by atoms with Crippen molar-refractivity contribution in [2.24, 2.45) is 5.92 Å². The van der Waals surface area contributed by atoms with Crippen LogP contribution in [0.15, 0.2) is 22.7 Å². The molecule has 0 aliphatic carbocycles. The summed E-state index contributed by atoms with van der Waals surface area (Å²) in [7, 11) is 1.88. The maximum Gasteiger partial charge on any atom is 0.260 e. The van der Waals surface area contributed by atoms with Gasteiger partial charge in [-0.05, 0) is 48.3 Å². The van der Waals surface area contributed by atoms with Crippen molar-refractivity contribution in [2.45, 2.75) is 39.8 Å². The molecule has 0 radical (unpaired) electrons. The van der Waals surface area contributed by atoms with Crippen LogP contribution in [0.2, 0.25) is 0 Å². The lowest BCUT2D eigenvalue weighted by atomic mass is 10.1. The van der Waals surface area contributed by atoms with E-state index in [1.54, 1.807) is 6.92 Å². The lowest BCUT2D eigenvalue weighted by molar-refractivity contribution is -0.127. The number of halogens is 1. The Kier molecular flexibility index (Phi) is 7.75. The number of para-hydroxylation sites is 1. The summed E-state index contributed by atoms with van der Waals surface area (Å²) >= 11 is 3.48. The number of nitrogens with one attached hydrogen (secondary N) is 2. The van der Waals surface area contributed by atoms with Gasteiger partial charge in [-0.2, -0.15) is 0 Å². The monoisotopic (exact) mass is 356 g/mol. The number of hydrogen-bond donors (Lipinski definition) is 2. The van der Waals surface area contributed by atoms with Crippen LogP contribution in [-0.2, 0) is 11.3 Å². The van der Waals surface area contributed by atoms with E-state index in [2.05, 4.69) is 40.4 Å². The molecule has 0 fully saturated rings. The quantitative estimate of drug-likeness (QED) is 0.752. The van der Waals surface area contributed by atoms with Gasteiger partial charge in [0, 0.05) is 18.7 Å². The molecule has 1 unspecified atom stereocenters. The van der Waals surface area contributed by atoms with Crippen LogP contribution in [0.3, 0.4) is 0 Å². The lowest BCUT2D eigenvalue weighted by Gasteiger charge is -2.18. The van der Waals surface area contributed by atoms with E-state index < -0.39 is 6.10 Å². The van der Waals surface area contributed by atoms with Crippen molar-refractivity contribution in [2.75, 3.05) is 13.6 Å². The number of ether oxygens (including phenoxy) is 1. The van der Waals surface area contributed by atoms with Crippen molar-refractivity contribution in [1.29, 1.82) is 0 Å². The van der Waals surface area contributed by atoms with Crippen LogP contribution in [0.25, 0.3) is 0 Å². The molecule has 0 bridgehead atoms. The van der Waals surface area contributed by atoms with Gasteiger partial charge in [0.2, 0.25) is 0 Å². The standard InChI is InChI=1S/C16H25BrN2O2/c1-11(2)8-9-19-16(20)12(3)21-15-13(10-18-4)6-5-7-14(15)17/h5-7,11-12,18H,8-10H2,1-4H3,(H,19,20). The molecule has 2 N–H and O–H groups in total. The number of amides is 1. The normalized spacial score (nSPS) is 12.3. The second kappa shape index (κ2) is 9.05. The molecule has 4 nitrogen and oxygen atoms in total. The zero-order valence-electron chi connectivity index (χ0n) is 13.2. The highest BCUT2D eigenvalue weighted by Gasteiger charge is 2.17. The minimum atomic E-state index is -0.522. The molecule has 118 valence electrons. The molecule has 0 saturated heterocycles. The smallest absolute Gasteiger partial charge is 0.260 e. The van der Waals surface area contributed by atoms with E-state index >= 15 is 0 Å². The Labute approximate surface area is 135 Å². The Morgan fingerprint density at radius 2 is 2.05 bits per heavy atom. The van der Waals surface area contributed by atoms with Gasteiger partial charge in [-0.1, -0.05) is 26.0 Å². The molecular formula is C16H25BrN2O2. The van der Waals surface area contributed by atoms with Crippen molar-refractivity contribution >= 4 is 21.8 Å². The number of carbonyl (C=O) groups is 1. The zero-order chi connectivity index (χ0) is 15.8. The van der Waals surface area contributed by atoms with E-state index in [1.165, 1.54) is 0 Å². The van der Waals surface area contributed by atoms with Crippen LogP contribution in [0.1, 0.15) is 32.8 Å². The molecule has 1 atom stereocenters. The van der Waals surface area contributed by atoms with Crippen LogP contribution in [0, 0.1) is 5.92 Å². The Morgan fingerprint density at radius 3 is 2.67 bits per heavy atom. The van der Waals surface area contributed by atoms with Crippen LogP contribution >= 0.6 is 15.9 Å². The Morgan fingerprint density at radius 1 is 1.33 bits per heavy atom. The van der Waals surface area contributed by atoms with E-state index in [9.17, 15) is 4.79 Å². The number of benzene rings is 1. The van der Waals surface area contributed by atoms with Gasteiger partial charge in [-0.25, -0.2) is 0 Å². The summed E-state index contributed by atoms with van der Waals surface area (Å²) in [5, 5.41) is 6.01. The summed E-state index contributed by atoms with van der Waals surface area (Å²) in [6, 6.07) is 5.86. The minimum absolute atomic E-state index is 0.0817. The average Bonchev–Trinajstić information content (AvgIpc) is 2.42. The van der Waals surface area contributed by atoms with Crippen LogP contribution in [0.4, 0.5) is 0 Å². The van der Waals surface area contributed by atoms with E-state index in [0.717, 1.165) is 22.2 Å². The van der Waals surface area contributed by atoms with Crippen LogP contribution < -0.4 is 15.4 Å². The predicted octanol–water partition coefficient (Wildman–Crippen LogP) is 3.10. The average molecular weight is 357 g/mol. The topological polar surface area (TPSA) is 50.4 Å². The Hall–Kier alpha value is -1.07. The third-order valence-electron chi connectivity index (χ3n) is 3.10. The molecule has 0 saturated carbocycles. The molecule has 1 aromatic carbocycles. The number of hydrogen-bond acceptors (Lipinski definition) is 3. The van der Waals surface area contributed by atoms with Gasteiger partial charge < -0.3 is 15.4 Å². The van der Waals surface area contributed by atoms with E-state index in [0.29, 0.717) is 19.0 Å². The van der Waals surface area contributed by atoms with Gasteiger partial charge in [0.25, 0.3) is 5.91 Å². The van der Waals surface area contributed by atoms with Gasteiger partial charge in [0.05, 0.1) is 4.47 Å². The van der Waals surface area contributed by atoms with Crippen molar-refractivity contribution in [3.8, 4) is 5.75 Å². The molecular weight excluding hydrogens is 332 g/mol. The van der Waals surface area contributed by atoms with Gasteiger partial charge in [-0.3, -0.25) is 4.79 Å². The summed E-state index contributed by atoms with van der Waals surface area (Å²) in [6.45, 7) is 7.42. The first-order valence-electron chi connectivity index (χ1n) is 7.32. The first kappa shape index (κ1) is 18.0. The minimum Gasteiger partial charge on any atom is -0.479 e. The van der Waals surface area contributed by atoms with Crippen molar-refractivity contribution in [3.63, 3.8) is 0 Å². The van der Waals surface area contributed by atoms with Crippen LogP contribution in [-0.4, -0.2) is 25.6 Å². The number of rotatable bonds is 8. The van der Waals surface area contributed by atoms with Gasteiger partial charge in [0.15, 0.2) is 6.10 Å². The number of carbonyl (C=O) groups excluding carboxylic acids is 1. The highest BCUT2D eigenvalue weighted by atomic mass is 79.9. The van der Waals surface area contributed by atoms with Crippen molar-refractivity contribution in [3.05, 3.63) is 28.2 Å². The van der Waals surface area contributed by atoms with Crippen molar-refractivity contribution < 1.29 is 9.53 Å². The molecule has 1 rings (SSSR count). The molecule has 0 aromatic heterocycles. The van der Waals surface area contributed by atoms with Gasteiger partial charge in [0.1, 0.15) is 5.75 Å². The third kappa shape index (κ3) is 6.06. The second-order valence-corrected chi connectivity index (χ2v) is 6.35. The summed E-state index contributed by atoms with van der Waals surface area (Å²) in [6.07, 6.45) is 0.449. The first-order valence-corrected chi connectivity index (χ1v) is 8.11. The van der Waals surface area contributed by atoms with Crippen molar-refractivity contribution in [1.82, 2.24) is 10.6 Å². The maximum absolute atomic E-state index is 12.0. The first-order chi connectivity index (χ1) is 9.95. The highest BCUT2D eigenvalue weighted by Crippen LogP contribution is 2.30. The second-order valence-electron chi connectivity index (χ2n) is 5.49. The summed E-state index contributed by atoms with van der Waals surface area (Å²) in [4.78, 5) is 12.0. The molecule has 21 heavy (non-hydrogen) atoms. The fourth-order valence-electron chi connectivity index (χ4n) is 1.87. The Balaban J connectivity index is 2.65. The van der Waals surface area contributed by atoms with Crippen LogP contribution in [0.5, 0.6) is 5.75 Å². The summed E-state index contributed by atoms with van der Waals surface area (Å²) in [5.74, 6) is 1.21. The SMILES string of the molecule is CNCc1cccc(Br)c1OC(C)C(=O)NCCC(C)C. The third-order valence-corrected chi connectivity index (χ3v) is 3.72. The molecule has 1 aromatic rings. The zero-order valence-corrected chi connectivity index (χ0v) is 14.8. The van der Waals surface area contributed by atoms with Gasteiger partial charge >= 0.3 is 0 Å². The fourth-order valence-corrected chi connectivity index (χ4v) is 2.37. The maximum atomic E-state index is 12.0. The Bertz CT molecular complexity index is 464. The molecule has 1 amide bonds. The predicted molar refractivity (Wildman–Crippen MR) is 89.5 cm³/mol. The molecule has 0 heterocycles. The molecule has 0 aliphatic heterocycles. The lowest BCUT2D eigenvalue weighted by Crippen LogP contribution is -2.37. The van der Waals surface area contributed by atoms with E-state index in [4.69, 9.17) is 4.74 Å². The van der Waals surface area contributed by atoms with Gasteiger partial charge in [-0.15, -0.1) is 0 Å².